The maximum Gasteiger partial charge on any atom is 0.233 e. The number of nitrogens with one attached hydrogen (secondary N) is 2. The lowest BCUT2D eigenvalue weighted by Crippen LogP contribution is -2.33. The molecule has 0 radical (unpaired) electrons. The number of aromatic nitrogens is 3. The summed E-state index contributed by atoms with van der Waals surface area (Å²) in [5.41, 5.74) is 0.903. The molecule has 5 nitrogen and oxygen atoms in total. The molecule has 0 aliphatic heterocycles. The molecule has 7 heteroatoms. The predicted molar refractivity (Wildman–Crippen MR) is 90.0 cm³/mol. The predicted octanol–water partition coefficient (Wildman–Crippen LogP) is 3.38. The zero-order valence-corrected chi connectivity index (χ0v) is 14.3. The molecule has 1 heterocycles. The molecule has 0 unspecified atom stereocenters. The molecule has 0 fully saturated rings. The van der Waals surface area contributed by atoms with Crippen LogP contribution in [0.15, 0.2) is 29.4 Å². The Morgan fingerprint density at radius 1 is 1.32 bits per heavy atom. The quantitative estimate of drug-likeness (QED) is 0.792. The Morgan fingerprint density at radius 2 is 2.00 bits per heavy atom. The van der Waals surface area contributed by atoms with Gasteiger partial charge in [0.2, 0.25) is 11.1 Å². The minimum absolute atomic E-state index is 0.00320. The Balaban J connectivity index is 1.96. The first kappa shape index (κ1) is 16.8. The highest BCUT2D eigenvalue weighted by Gasteiger charge is 2.17. The van der Waals surface area contributed by atoms with E-state index in [-0.39, 0.29) is 11.2 Å². The lowest BCUT2D eigenvalue weighted by atomic mass is 10.2. The van der Waals surface area contributed by atoms with Crippen molar-refractivity contribution in [2.24, 2.45) is 5.92 Å². The molecule has 1 aromatic carbocycles. The van der Waals surface area contributed by atoms with Crippen molar-refractivity contribution in [1.82, 2.24) is 20.5 Å². The highest BCUT2D eigenvalue weighted by molar-refractivity contribution is 8.00. The number of amides is 1. The third-order valence-corrected chi connectivity index (χ3v) is 4.13. The zero-order valence-electron chi connectivity index (χ0n) is 12.8. The van der Waals surface area contributed by atoms with Crippen molar-refractivity contribution in [3.8, 4) is 11.4 Å². The van der Waals surface area contributed by atoms with Crippen LogP contribution in [0.5, 0.6) is 0 Å². The Labute approximate surface area is 139 Å². The van der Waals surface area contributed by atoms with E-state index in [9.17, 15) is 4.79 Å². The number of carbonyl (C=O) groups excluding carboxylic acids is 1. The van der Waals surface area contributed by atoms with Crippen LogP contribution in [0.4, 0.5) is 0 Å². The van der Waals surface area contributed by atoms with Crippen molar-refractivity contribution in [3.05, 3.63) is 29.3 Å². The molecule has 2 N–H and O–H groups in total. The Hall–Kier alpha value is -1.53. The summed E-state index contributed by atoms with van der Waals surface area (Å²) < 4.78 is 0. The number of aromatic amines is 1. The van der Waals surface area contributed by atoms with E-state index in [1.165, 1.54) is 11.8 Å². The van der Waals surface area contributed by atoms with Crippen LogP contribution in [0.3, 0.4) is 0 Å². The van der Waals surface area contributed by atoms with Crippen LogP contribution in [0.1, 0.15) is 20.8 Å². The van der Waals surface area contributed by atoms with Gasteiger partial charge in [0.05, 0.1) is 5.25 Å². The molecule has 0 spiro atoms. The van der Waals surface area contributed by atoms with Gasteiger partial charge in [0.25, 0.3) is 0 Å². The molecule has 1 amide bonds. The SMILES string of the molecule is CC(C)CNC(=O)[C@H](C)Sc1n[nH]c(-c2ccc(Cl)cc2)n1. The van der Waals surface area contributed by atoms with Crippen LogP contribution < -0.4 is 5.32 Å². The molecule has 2 rings (SSSR count). The molecule has 0 saturated carbocycles. The molecule has 0 saturated heterocycles. The van der Waals surface area contributed by atoms with Gasteiger partial charge >= 0.3 is 0 Å². The maximum atomic E-state index is 12.0. The third-order valence-electron chi connectivity index (χ3n) is 2.92. The number of halogens is 1. The third kappa shape index (κ3) is 4.74. The van der Waals surface area contributed by atoms with Crippen LogP contribution >= 0.6 is 23.4 Å². The van der Waals surface area contributed by atoms with E-state index < -0.39 is 0 Å². The number of carbonyl (C=O) groups is 1. The number of rotatable bonds is 6. The molecule has 1 aromatic heterocycles. The minimum Gasteiger partial charge on any atom is -0.355 e. The summed E-state index contributed by atoms with van der Waals surface area (Å²) in [5.74, 6) is 1.09. The molecule has 0 bridgehead atoms. The summed E-state index contributed by atoms with van der Waals surface area (Å²) in [6.45, 7) is 6.64. The highest BCUT2D eigenvalue weighted by Crippen LogP contribution is 2.23. The molecule has 1 atom stereocenters. The second-order valence-electron chi connectivity index (χ2n) is 5.37. The number of nitrogens with zero attached hydrogens (tertiary/aromatic N) is 2. The van der Waals surface area contributed by atoms with Gasteiger partial charge in [-0.15, -0.1) is 5.10 Å². The molecule has 118 valence electrons. The molecule has 22 heavy (non-hydrogen) atoms. The summed E-state index contributed by atoms with van der Waals surface area (Å²) in [7, 11) is 0. The highest BCUT2D eigenvalue weighted by atomic mass is 35.5. The minimum atomic E-state index is -0.243. The van der Waals surface area contributed by atoms with E-state index >= 15 is 0 Å². The Kier molecular flexibility index (Phi) is 5.85. The summed E-state index contributed by atoms with van der Waals surface area (Å²) in [6.07, 6.45) is 0. The number of H-pyrrole nitrogens is 1. The van der Waals surface area contributed by atoms with Crippen molar-refractivity contribution in [2.45, 2.75) is 31.2 Å². The van der Waals surface area contributed by atoms with Crippen molar-refractivity contribution in [2.75, 3.05) is 6.54 Å². The first-order valence-electron chi connectivity index (χ1n) is 7.08. The average molecular weight is 339 g/mol. The van der Waals surface area contributed by atoms with Gasteiger partial charge in [0, 0.05) is 17.1 Å². The first-order valence-corrected chi connectivity index (χ1v) is 8.34. The number of hydrogen-bond donors (Lipinski definition) is 2. The summed E-state index contributed by atoms with van der Waals surface area (Å²) in [6, 6.07) is 7.34. The van der Waals surface area contributed by atoms with E-state index in [2.05, 4.69) is 34.3 Å². The number of hydrogen-bond acceptors (Lipinski definition) is 4. The largest absolute Gasteiger partial charge is 0.355 e. The van der Waals surface area contributed by atoms with E-state index in [1.807, 2.05) is 19.1 Å². The summed E-state index contributed by atoms with van der Waals surface area (Å²) in [5, 5.41) is 10.9. The maximum absolute atomic E-state index is 12.0. The van der Waals surface area contributed by atoms with E-state index in [1.54, 1.807) is 12.1 Å². The fourth-order valence-electron chi connectivity index (χ4n) is 1.70. The molecule has 2 aromatic rings. The van der Waals surface area contributed by atoms with Crippen LogP contribution in [0.25, 0.3) is 11.4 Å². The van der Waals surface area contributed by atoms with Gasteiger partial charge in [0.15, 0.2) is 5.82 Å². The second kappa shape index (κ2) is 7.65. The second-order valence-corrected chi connectivity index (χ2v) is 7.12. The summed E-state index contributed by atoms with van der Waals surface area (Å²) in [4.78, 5) is 16.4. The normalized spacial score (nSPS) is 12.4. The van der Waals surface area contributed by atoms with Crippen molar-refractivity contribution >= 4 is 29.3 Å². The first-order chi connectivity index (χ1) is 10.5. The Bertz CT molecular complexity index is 627. The molecule has 0 aliphatic rings. The van der Waals surface area contributed by atoms with Gasteiger partial charge in [-0.1, -0.05) is 37.2 Å². The monoisotopic (exact) mass is 338 g/mol. The van der Waals surface area contributed by atoms with Crippen LogP contribution in [0, 0.1) is 5.92 Å². The van der Waals surface area contributed by atoms with Gasteiger partial charge in [-0.25, -0.2) is 4.98 Å². The smallest absolute Gasteiger partial charge is 0.233 e. The van der Waals surface area contributed by atoms with E-state index in [4.69, 9.17) is 11.6 Å². The van der Waals surface area contributed by atoms with Gasteiger partial charge in [0.1, 0.15) is 0 Å². The van der Waals surface area contributed by atoms with Crippen LogP contribution in [-0.4, -0.2) is 32.9 Å². The van der Waals surface area contributed by atoms with E-state index in [0.29, 0.717) is 28.5 Å². The molecular weight excluding hydrogens is 320 g/mol. The van der Waals surface area contributed by atoms with Gasteiger partial charge in [-0.05, 0) is 37.1 Å². The summed E-state index contributed by atoms with van der Waals surface area (Å²) >= 11 is 7.20. The van der Waals surface area contributed by atoms with Gasteiger partial charge in [-0.3, -0.25) is 9.89 Å². The van der Waals surface area contributed by atoms with Crippen LogP contribution in [0.2, 0.25) is 5.02 Å². The van der Waals surface area contributed by atoms with Crippen molar-refractivity contribution < 1.29 is 4.79 Å². The number of benzene rings is 1. The topological polar surface area (TPSA) is 70.7 Å². The fourth-order valence-corrected chi connectivity index (χ4v) is 2.57. The Morgan fingerprint density at radius 3 is 2.64 bits per heavy atom. The number of thioether (sulfide) groups is 1. The lowest BCUT2D eigenvalue weighted by Gasteiger charge is -2.11. The molecular formula is C15H19ClN4OS. The van der Waals surface area contributed by atoms with Crippen molar-refractivity contribution in [3.63, 3.8) is 0 Å². The standard InChI is InChI=1S/C15H19ClN4OS/c1-9(2)8-17-14(21)10(3)22-15-18-13(19-20-15)11-4-6-12(16)7-5-11/h4-7,9-10H,8H2,1-3H3,(H,17,21)(H,18,19,20)/t10-/m0/s1. The fraction of sp³-hybridized carbons (Fsp3) is 0.400. The lowest BCUT2D eigenvalue weighted by molar-refractivity contribution is -0.120. The van der Waals surface area contributed by atoms with Crippen LogP contribution in [-0.2, 0) is 4.79 Å². The zero-order chi connectivity index (χ0) is 16.1. The van der Waals surface area contributed by atoms with Gasteiger partial charge in [-0.2, -0.15) is 0 Å². The molecule has 0 aliphatic carbocycles. The van der Waals surface area contributed by atoms with Gasteiger partial charge < -0.3 is 5.32 Å². The van der Waals surface area contributed by atoms with E-state index in [0.717, 1.165) is 5.56 Å². The van der Waals surface area contributed by atoms with Crippen molar-refractivity contribution in [1.29, 1.82) is 0 Å². The average Bonchev–Trinajstić information content (AvgIpc) is 2.93.